The summed E-state index contributed by atoms with van der Waals surface area (Å²) in [5.41, 5.74) is 2.23. The minimum atomic E-state index is -0.138. The number of amidine groups is 1. The second-order valence-corrected chi connectivity index (χ2v) is 7.94. The summed E-state index contributed by atoms with van der Waals surface area (Å²) in [6, 6.07) is 12.4. The fraction of sp³-hybridized carbons (Fsp3) is 0.286. The molecule has 0 spiro atoms. The lowest BCUT2D eigenvalue weighted by molar-refractivity contribution is -0.129. The molecule has 2 aromatic carbocycles. The highest BCUT2D eigenvalue weighted by molar-refractivity contribution is 8.13. The summed E-state index contributed by atoms with van der Waals surface area (Å²) in [6.07, 6.45) is 0.901. The summed E-state index contributed by atoms with van der Waals surface area (Å²) in [5, 5.41) is 1.29. The Kier molecular flexibility index (Phi) is 6.75. The zero-order valence-electron chi connectivity index (χ0n) is 15.8. The van der Waals surface area contributed by atoms with Crippen molar-refractivity contribution in [3.63, 3.8) is 0 Å². The van der Waals surface area contributed by atoms with Gasteiger partial charge in [0, 0.05) is 22.9 Å². The number of amides is 1. The van der Waals surface area contributed by atoms with E-state index in [0.29, 0.717) is 33.7 Å². The number of benzene rings is 2. The third-order valence-electron chi connectivity index (χ3n) is 4.28. The summed E-state index contributed by atoms with van der Waals surface area (Å²) in [5.74, 6) is 1.42. The van der Waals surface area contributed by atoms with Crippen LogP contribution in [0, 0.1) is 6.92 Å². The predicted molar refractivity (Wildman–Crippen MR) is 114 cm³/mol. The lowest BCUT2D eigenvalue weighted by atomic mass is 10.1. The molecule has 0 bridgehead atoms. The van der Waals surface area contributed by atoms with Crippen molar-refractivity contribution in [1.29, 1.82) is 0 Å². The van der Waals surface area contributed by atoms with Crippen molar-refractivity contribution in [1.82, 2.24) is 4.90 Å². The highest BCUT2D eigenvalue weighted by Gasteiger charge is 2.24. The number of ether oxygens (including phenoxy) is 1. The number of hydrogen-bond acceptors (Lipinski definition) is 5. The van der Waals surface area contributed by atoms with Gasteiger partial charge in [0.25, 0.3) is 5.91 Å². The maximum atomic E-state index is 12.7. The van der Waals surface area contributed by atoms with Crippen molar-refractivity contribution >= 4 is 45.9 Å². The minimum absolute atomic E-state index is 0.0118. The smallest absolute Gasteiger partial charge is 0.266 e. The Hall–Kier alpha value is -2.31. The van der Waals surface area contributed by atoms with E-state index in [-0.39, 0.29) is 18.3 Å². The number of thioether (sulfide) groups is 1. The molecule has 0 N–H and O–H groups in total. The summed E-state index contributed by atoms with van der Waals surface area (Å²) in [7, 11) is 0. The summed E-state index contributed by atoms with van der Waals surface area (Å²) in [6.45, 7) is 3.96. The number of Topliss-reactive ketones (excluding diaryl/α,β-unsaturated/α-hetero) is 1. The first-order chi connectivity index (χ1) is 13.4. The maximum absolute atomic E-state index is 12.7. The molecular formula is C21H21ClN2O3S. The summed E-state index contributed by atoms with van der Waals surface area (Å²) in [4.78, 5) is 30.4. The molecule has 28 heavy (non-hydrogen) atoms. The van der Waals surface area contributed by atoms with Crippen LogP contribution in [-0.4, -0.2) is 40.7 Å². The van der Waals surface area contributed by atoms with Crippen LogP contribution in [0.2, 0.25) is 5.02 Å². The van der Waals surface area contributed by atoms with E-state index in [1.54, 1.807) is 59.1 Å². The van der Waals surface area contributed by atoms with Crippen LogP contribution in [0.15, 0.2) is 47.5 Å². The Balaban J connectivity index is 1.71. The van der Waals surface area contributed by atoms with E-state index >= 15 is 0 Å². The normalized spacial score (nSPS) is 15.5. The Morgan fingerprint density at radius 1 is 1.21 bits per heavy atom. The van der Waals surface area contributed by atoms with Crippen LogP contribution in [0.25, 0.3) is 0 Å². The lowest BCUT2D eigenvalue weighted by Crippen LogP contribution is -2.41. The van der Waals surface area contributed by atoms with Crippen LogP contribution in [0.1, 0.15) is 29.3 Å². The van der Waals surface area contributed by atoms with E-state index in [1.807, 2.05) is 6.92 Å². The highest BCUT2D eigenvalue weighted by atomic mass is 35.5. The molecule has 146 valence electrons. The largest absolute Gasteiger partial charge is 0.483 e. The molecule has 0 saturated carbocycles. The van der Waals surface area contributed by atoms with Gasteiger partial charge in [0.15, 0.2) is 17.6 Å². The van der Waals surface area contributed by atoms with Crippen LogP contribution < -0.4 is 4.74 Å². The zero-order chi connectivity index (χ0) is 20.1. The number of aliphatic imine (C=N–C) groups is 1. The molecular weight excluding hydrogens is 396 g/mol. The van der Waals surface area contributed by atoms with Crippen molar-refractivity contribution in [2.45, 2.75) is 20.3 Å². The predicted octanol–water partition coefficient (Wildman–Crippen LogP) is 4.88. The van der Waals surface area contributed by atoms with Gasteiger partial charge in [0.2, 0.25) is 0 Å². The van der Waals surface area contributed by atoms with Gasteiger partial charge in [-0.25, -0.2) is 4.99 Å². The molecule has 1 fully saturated rings. The standard InChI is InChI=1S/C21H21ClN2O3S/c1-14-12-17(22)6-9-19(14)27-13-20(26)24-10-3-11-28-21(24)23-18-7-4-16(5-8-18)15(2)25/h4-9,12H,3,10-11,13H2,1-2H3. The van der Waals surface area contributed by atoms with Crippen LogP contribution in [0.5, 0.6) is 5.75 Å². The van der Waals surface area contributed by atoms with Gasteiger partial charge in [-0.15, -0.1) is 0 Å². The van der Waals surface area contributed by atoms with Gasteiger partial charge in [-0.2, -0.15) is 0 Å². The van der Waals surface area contributed by atoms with Gasteiger partial charge >= 0.3 is 0 Å². The molecule has 1 heterocycles. The first kappa shape index (κ1) is 20.4. The fourth-order valence-corrected chi connectivity index (χ4v) is 3.96. The number of carbonyl (C=O) groups excluding carboxylic acids is 2. The van der Waals surface area contributed by atoms with Crippen LogP contribution in [-0.2, 0) is 4.79 Å². The number of halogens is 1. The summed E-state index contributed by atoms with van der Waals surface area (Å²) < 4.78 is 5.70. The topological polar surface area (TPSA) is 59.0 Å². The molecule has 2 aromatic rings. The van der Waals surface area contributed by atoms with E-state index in [2.05, 4.69) is 4.99 Å². The number of nitrogens with zero attached hydrogens (tertiary/aromatic N) is 2. The third-order valence-corrected chi connectivity index (χ3v) is 5.57. The number of hydrogen-bond donors (Lipinski definition) is 0. The molecule has 0 unspecified atom stereocenters. The van der Waals surface area contributed by atoms with Gasteiger partial charge in [0.05, 0.1) is 5.69 Å². The number of rotatable bonds is 5. The first-order valence-electron chi connectivity index (χ1n) is 8.96. The first-order valence-corrected chi connectivity index (χ1v) is 10.3. The van der Waals surface area contributed by atoms with Gasteiger partial charge in [0.1, 0.15) is 5.75 Å². The average molecular weight is 417 g/mol. The van der Waals surface area contributed by atoms with E-state index in [4.69, 9.17) is 16.3 Å². The molecule has 0 radical (unpaired) electrons. The number of ketones is 1. The van der Waals surface area contributed by atoms with Crippen molar-refractivity contribution in [3.05, 3.63) is 58.6 Å². The van der Waals surface area contributed by atoms with Gasteiger partial charge in [-0.05, 0) is 68.3 Å². The minimum Gasteiger partial charge on any atom is -0.483 e. The van der Waals surface area contributed by atoms with E-state index in [9.17, 15) is 9.59 Å². The molecule has 7 heteroatoms. The van der Waals surface area contributed by atoms with Crippen LogP contribution in [0.3, 0.4) is 0 Å². The molecule has 1 aliphatic heterocycles. The second-order valence-electron chi connectivity index (χ2n) is 6.44. The summed E-state index contributed by atoms with van der Waals surface area (Å²) >= 11 is 7.50. The molecule has 1 aliphatic rings. The van der Waals surface area contributed by atoms with Crippen LogP contribution in [0.4, 0.5) is 5.69 Å². The lowest BCUT2D eigenvalue weighted by Gasteiger charge is -2.27. The Morgan fingerprint density at radius 2 is 1.96 bits per heavy atom. The van der Waals surface area contributed by atoms with Crippen molar-refractivity contribution < 1.29 is 14.3 Å². The van der Waals surface area contributed by atoms with E-state index in [0.717, 1.165) is 17.7 Å². The quantitative estimate of drug-likeness (QED) is 0.651. The molecule has 1 saturated heterocycles. The SMILES string of the molecule is CC(=O)c1ccc(N=C2SCCCN2C(=O)COc2ccc(Cl)cc2C)cc1. The van der Waals surface area contributed by atoms with Crippen molar-refractivity contribution in [2.24, 2.45) is 4.99 Å². The fourth-order valence-electron chi connectivity index (χ4n) is 2.76. The maximum Gasteiger partial charge on any atom is 0.266 e. The average Bonchev–Trinajstić information content (AvgIpc) is 2.68. The number of carbonyl (C=O) groups is 2. The zero-order valence-corrected chi connectivity index (χ0v) is 17.3. The van der Waals surface area contributed by atoms with Gasteiger partial charge < -0.3 is 4.74 Å². The highest BCUT2D eigenvalue weighted by Crippen LogP contribution is 2.24. The Morgan fingerprint density at radius 3 is 2.64 bits per heavy atom. The van der Waals surface area contributed by atoms with Gasteiger partial charge in [-0.3, -0.25) is 14.5 Å². The molecule has 0 aliphatic carbocycles. The number of aryl methyl sites for hydroxylation is 1. The Labute approximate surface area is 173 Å². The molecule has 0 atom stereocenters. The van der Waals surface area contributed by atoms with Crippen LogP contribution >= 0.6 is 23.4 Å². The third kappa shape index (κ3) is 5.14. The second kappa shape index (κ2) is 9.26. The van der Waals surface area contributed by atoms with Crippen molar-refractivity contribution in [3.8, 4) is 5.75 Å². The van der Waals surface area contributed by atoms with Gasteiger partial charge in [-0.1, -0.05) is 23.4 Å². The van der Waals surface area contributed by atoms with E-state index < -0.39 is 0 Å². The molecule has 1 amide bonds. The van der Waals surface area contributed by atoms with Crippen molar-refractivity contribution in [2.75, 3.05) is 18.9 Å². The molecule has 0 aromatic heterocycles. The Bertz CT molecular complexity index is 912. The monoisotopic (exact) mass is 416 g/mol. The molecule has 3 rings (SSSR count). The van der Waals surface area contributed by atoms with E-state index in [1.165, 1.54) is 6.92 Å². The molecule has 5 nitrogen and oxygen atoms in total.